The summed E-state index contributed by atoms with van der Waals surface area (Å²) in [5, 5.41) is 8.56. The molecule has 4 nitrogen and oxygen atoms in total. The molecule has 0 saturated heterocycles. The highest BCUT2D eigenvalue weighted by Gasteiger charge is 2.09. The molecular weight excluding hydrogens is 284 g/mol. The van der Waals surface area contributed by atoms with Crippen LogP contribution in [0, 0.1) is 0 Å². The van der Waals surface area contributed by atoms with Gasteiger partial charge in [0.25, 0.3) is 0 Å². The average molecular weight is 312 g/mol. The lowest BCUT2D eigenvalue weighted by Crippen LogP contribution is -2.20. The van der Waals surface area contributed by atoms with Gasteiger partial charge in [0, 0.05) is 6.04 Å². The van der Waals surface area contributed by atoms with Gasteiger partial charge in [-0.25, -0.2) is 13.6 Å². The molecule has 0 amide bonds. The van der Waals surface area contributed by atoms with Gasteiger partial charge in [0.1, 0.15) is 0 Å². The van der Waals surface area contributed by atoms with Gasteiger partial charge in [-0.05, 0) is 37.6 Å². The third-order valence-corrected chi connectivity index (χ3v) is 4.62. The van der Waals surface area contributed by atoms with Crippen molar-refractivity contribution in [3.8, 4) is 0 Å². The zero-order valence-electron chi connectivity index (χ0n) is 13.1. The Hall–Kier alpha value is -0.910. The Bertz CT molecular complexity index is 498. The second kappa shape index (κ2) is 9.18. The van der Waals surface area contributed by atoms with Crippen molar-refractivity contribution in [1.82, 2.24) is 5.32 Å². The fourth-order valence-electron chi connectivity index (χ4n) is 2.29. The number of primary sulfonamides is 1. The van der Waals surface area contributed by atoms with Crippen LogP contribution in [0.2, 0.25) is 0 Å². The molecule has 0 spiro atoms. The Morgan fingerprint density at radius 1 is 1.05 bits per heavy atom. The average Bonchev–Trinajstić information content (AvgIpc) is 2.45. The summed E-state index contributed by atoms with van der Waals surface area (Å²) >= 11 is 0. The van der Waals surface area contributed by atoms with E-state index in [4.69, 9.17) is 5.14 Å². The minimum absolute atomic E-state index is 0.161. The van der Waals surface area contributed by atoms with Crippen molar-refractivity contribution in [3.63, 3.8) is 0 Å². The number of sulfonamides is 1. The minimum Gasteiger partial charge on any atom is -0.310 e. The van der Waals surface area contributed by atoms with Crippen LogP contribution in [-0.4, -0.2) is 15.0 Å². The molecule has 1 atom stereocenters. The summed E-state index contributed by atoms with van der Waals surface area (Å²) < 4.78 is 22.4. The van der Waals surface area contributed by atoms with E-state index in [1.807, 2.05) is 12.1 Å². The molecule has 1 unspecified atom stereocenters. The van der Waals surface area contributed by atoms with Gasteiger partial charge in [-0.3, -0.25) is 0 Å². The van der Waals surface area contributed by atoms with Crippen molar-refractivity contribution in [2.45, 2.75) is 63.3 Å². The molecular formula is C16H28N2O2S. The molecule has 1 aromatic carbocycles. The molecule has 21 heavy (non-hydrogen) atoms. The van der Waals surface area contributed by atoms with E-state index in [1.165, 1.54) is 38.5 Å². The molecule has 0 aliphatic heterocycles. The highest BCUT2D eigenvalue weighted by molar-refractivity contribution is 7.89. The summed E-state index contributed by atoms with van der Waals surface area (Å²) in [6.07, 6.45) is 7.71. The standard InChI is InChI=1S/C16H28N2O2S/c1-3-4-5-6-7-8-13-18-14(2)15-9-11-16(12-10-15)21(17,19)20/h9-12,14,18H,3-8,13H2,1-2H3,(H2,17,19,20). The second-order valence-electron chi connectivity index (χ2n) is 5.56. The third kappa shape index (κ3) is 7.07. The number of hydrogen-bond acceptors (Lipinski definition) is 3. The molecule has 0 aromatic heterocycles. The fraction of sp³-hybridized carbons (Fsp3) is 0.625. The van der Waals surface area contributed by atoms with Crippen LogP contribution in [0.4, 0.5) is 0 Å². The van der Waals surface area contributed by atoms with Gasteiger partial charge in [0.05, 0.1) is 4.90 Å². The van der Waals surface area contributed by atoms with Crippen LogP contribution in [0.3, 0.4) is 0 Å². The third-order valence-electron chi connectivity index (χ3n) is 3.69. The Kier molecular flexibility index (Phi) is 7.93. The Labute approximate surface area is 129 Å². The zero-order valence-corrected chi connectivity index (χ0v) is 14.0. The Morgan fingerprint density at radius 3 is 2.19 bits per heavy atom. The lowest BCUT2D eigenvalue weighted by molar-refractivity contribution is 0.527. The predicted molar refractivity (Wildman–Crippen MR) is 87.6 cm³/mol. The largest absolute Gasteiger partial charge is 0.310 e. The molecule has 0 heterocycles. The topological polar surface area (TPSA) is 72.2 Å². The van der Waals surface area contributed by atoms with Gasteiger partial charge in [0.15, 0.2) is 0 Å². The van der Waals surface area contributed by atoms with Gasteiger partial charge in [-0.1, -0.05) is 51.2 Å². The lowest BCUT2D eigenvalue weighted by atomic mass is 10.1. The minimum atomic E-state index is -3.60. The van der Waals surface area contributed by atoms with Crippen molar-refractivity contribution in [3.05, 3.63) is 29.8 Å². The molecule has 120 valence electrons. The lowest BCUT2D eigenvalue weighted by Gasteiger charge is -2.14. The summed E-state index contributed by atoms with van der Waals surface area (Å²) in [4.78, 5) is 0.161. The maximum atomic E-state index is 11.2. The summed E-state index contributed by atoms with van der Waals surface area (Å²) in [6, 6.07) is 6.98. The number of benzene rings is 1. The van der Waals surface area contributed by atoms with Crippen molar-refractivity contribution in [2.75, 3.05) is 6.54 Å². The SMILES string of the molecule is CCCCCCCCNC(C)c1ccc(S(N)(=O)=O)cc1. The molecule has 0 aliphatic carbocycles. The quantitative estimate of drug-likeness (QED) is 0.651. The van der Waals surface area contributed by atoms with E-state index >= 15 is 0 Å². The smallest absolute Gasteiger partial charge is 0.238 e. The molecule has 5 heteroatoms. The summed E-state index contributed by atoms with van der Waals surface area (Å²) in [7, 11) is -3.60. The van der Waals surface area contributed by atoms with E-state index in [-0.39, 0.29) is 10.9 Å². The number of rotatable bonds is 10. The molecule has 0 aliphatic rings. The Balaban J connectivity index is 2.31. The first-order chi connectivity index (χ1) is 9.95. The van der Waals surface area contributed by atoms with Gasteiger partial charge in [-0.15, -0.1) is 0 Å². The van der Waals surface area contributed by atoms with E-state index in [0.717, 1.165) is 12.1 Å². The molecule has 3 N–H and O–H groups in total. The van der Waals surface area contributed by atoms with Crippen LogP contribution in [0.25, 0.3) is 0 Å². The van der Waals surface area contributed by atoms with Gasteiger partial charge >= 0.3 is 0 Å². The van der Waals surface area contributed by atoms with E-state index in [1.54, 1.807) is 12.1 Å². The van der Waals surface area contributed by atoms with Crippen molar-refractivity contribution < 1.29 is 8.42 Å². The van der Waals surface area contributed by atoms with Crippen LogP contribution in [-0.2, 0) is 10.0 Å². The highest BCUT2D eigenvalue weighted by Crippen LogP contribution is 2.15. The fourth-order valence-corrected chi connectivity index (χ4v) is 2.80. The van der Waals surface area contributed by atoms with Crippen LogP contribution < -0.4 is 10.5 Å². The molecule has 1 aromatic rings. The van der Waals surface area contributed by atoms with Gasteiger partial charge < -0.3 is 5.32 Å². The highest BCUT2D eigenvalue weighted by atomic mass is 32.2. The van der Waals surface area contributed by atoms with E-state index in [2.05, 4.69) is 19.2 Å². The summed E-state index contributed by atoms with van der Waals surface area (Å²) in [6.45, 7) is 5.30. The van der Waals surface area contributed by atoms with Crippen molar-refractivity contribution >= 4 is 10.0 Å². The normalized spacial score (nSPS) is 13.3. The summed E-state index contributed by atoms with van der Waals surface area (Å²) in [5.41, 5.74) is 1.08. The molecule has 0 fully saturated rings. The summed E-state index contributed by atoms with van der Waals surface area (Å²) in [5.74, 6) is 0. The van der Waals surface area contributed by atoms with E-state index in [9.17, 15) is 8.42 Å². The van der Waals surface area contributed by atoms with Crippen LogP contribution in [0.1, 0.15) is 64.0 Å². The molecule has 1 rings (SSSR count). The first-order valence-electron chi connectivity index (χ1n) is 7.81. The monoisotopic (exact) mass is 312 g/mol. The number of unbranched alkanes of at least 4 members (excludes halogenated alkanes) is 5. The van der Waals surface area contributed by atoms with Crippen molar-refractivity contribution in [1.29, 1.82) is 0 Å². The van der Waals surface area contributed by atoms with Gasteiger partial charge in [0.2, 0.25) is 10.0 Å². The maximum absolute atomic E-state index is 11.2. The van der Waals surface area contributed by atoms with E-state index in [0.29, 0.717) is 0 Å². The first-order valence-corrected chi connectivity index (χ1v) is 9.36. The maximum Gasteiger partial charge on any atom is 0.238 e. The zero-order chi connectivity index (χ0) is 15.7. The van der Waals surface area contributed by atoms with Crippen molar-refractivity contribution in [2.24, 2.45) is 5.14 Å². The van der Waals surface area contributed by atoms with Gasteiger partial charge in [-0.2, -0.15) is 0 Å². The number of nitrogens with one attached hydrogen (secondary N) is 1. The first kappa shape index (κ1) is 18.1. The van der Waals surface area contributed by atoms with E-state index < -0.39 is 10.0 Å². The number of nitrogens with two attached hydrogens (primary N) is 1. The van der Waals surface area contributed by atoms with Crippen LogP contribution in [0.15, 0.2) is 29.2 Å². The Morgan fingerprint density at radius 2 is 1.62 bits per heavy atom. The number of hydrogen-bond donors (Lipinski definition) is 2. The van der Waals surface area contributed by atoms with Crippen LogP contribution in [0.5, 0.6) is 0 Å². The van der Waals surface area contributed by atoms with Crippen LogP contribution >= 0.6 is 0 Å². The molecule has 0 saturated carbocycles. The molecule has 0 bridgehead atoms. The second-order valence-corrected chi connectivity index (χ2v) is 7.12. The predicted octanol–water partition coefficient (Wildman–Crippen LogP) is 3.35. The molecule has 0 radical (unpaired) electrons.